The molecule has 0 aliphatic rings. The lowest BCUT2D eigenvalue weighted by molar-refractivity contribution is -0.378. The van der Waals surface area contributed by atoms with Gasteiger partial charge in [0, 0.05) is 48.8 Å². The first kappa shape index (κ1) is 35.5. The van der Waals surface area contributed by atoms with Gasteiger partial charge in [-0.25, -0.2) is 4.98 Å². The highest BCUT2D eigenvalue weighted by Gasteiger charge is 2.20. The minimum Gasteiger partial charge on any atom is -0.418 e. The van der Waals surface area contributed by atoms with Crippen molar-refractivity contribution in [3.05, 3.63) is 120 Å². The van der Waals surface area contributed by atoms with Crippen LogP contribution in [0.5, 0.6) is 0 Å². The topological polar surface area (TPSA) is 114 Å². The largest absolute Gasteiger partial charge is 0.673 e. The van der Waals surface area contributed by atoms with Crippen molar-refractivity contribution in [1.29, 1.82) is 0 Å². The average molecular weight is 522 g/mol. The van der Waals surface area contributed by atoms with Crippen LogP contribution in [0.4, 0.5) is 17.3 Å². The fraction of sp³-hybridized carbons (Fsp3) is 0.167. The van der Waals surface area contributed by atoms with Crippen LogP contribution in [0, 0.1) is 27.7 Å². The summed E-state index contributed by atoms with van der Waals surface area (Å²) < 4.78 is 39.0. The zero-order chi connectivity index (χ0) is 28.5. The summed E-state index contributed by atoms with van der Waals surface area (Å²) in [6.07, 6.45) is 14.7. The van der Waals surface area contributed by atoms with E-state index in [1.165, 1.54) is 22.3 Å². The Hall–Kier alpha value is -3.67. The number of hydrogen-bond acceptors (Lipinski definition) is 6. The maximum Gasteiger partial charge on any atom is 0.673 e. The van der Waals surface area contributed by atoms with E-state index in [0.717, 1.165) is 0 Å². The summed E-state index contributed by atoms with van der Waals surface area (Å²) in [4.78, 5) is 14.6. The Kier molecular flexibility index (Phi) is 21.8. The smallest absolute Gasteiger partial charge is 0.418 e. The van der Waals surface area contributed by atoms with Crippen LogP contribution in [0.1, 0.15) is 22.3 Å². The lowest BCUT2D eigenvalue weighted by atomic mass is 10.3. The van der Waals surface area contributed by atoms with Crippen LogP contribution >= 0.6 is 0 Å². The van der Waals surface area contributed by atoms with Crippen LogP contribution in [0.15, 0.2) is 98.1 Å². The van der Waals surface area contributed by atoms with Crippen molar-refractivity contribution in [2.75, 3.05) is 0 Å². The second kappa shape index (κ2) is 22.8. The Morgan fingerprint density at radius 3 is 1.03 bits per heavy atom. The van der Waals surface area contributed by atoms with E-state index in [4.69, 9.17) is 15.1 Å². The Balaban J connectivity index is 0. The third-order valence-corrected chi connectivity index (χ3v) is 3.29. The molecule has 4 aromatic rings. The third-order valence-electron chi connectivity index (χ3n) is 3.29. The van der Waals surface area contributed by atoms with Crippen LogP contribution < -0.4 is 4.98 Å². The van der Waals surface area contributed by atoms with Gasteiger partial charge in [-0.05, 0) is 68.7 Å². The van der Waals surface area contributed by atoms with Crippen molar-refractivity contribution in [2.24, 2.45) is 0 Å². The highest BCUT2D eigenvalue weighted by atomic mass is 19.5. The van der Waals surface area contributed by atoms with E-state index in [2.05, 4.69) is 32.9 Å². The molecule has 4 rings (SSSR count). The standard InChI is InChI=1S/4C6H7N.BF4.BH3O3/c4*1-6-3-2-4-7-5-6;2-1(3,4)5;2-1(3)4/h4*2-5H,1H3;;2-4H/q;;;;-1;/p+1. The summed E-state index contributed by atoms with van der Waals surface area (Å²) in [5.74, 6) is 0. The van der Waals surface area contributed by atoms with E-state index < -0.39 is 14.6 Å². The molecule has 0 unspecified atom stereocenters. The SMILES string of the molecule is Cc1ccc[nH+]c1.Cc1cccnc1.Cc1cccnc1.Cc1cccnc1.F[B-](F)(F)F.OB(O)O. The summed E-state index contributed by atoms with van der Waals surface area (Å²) in [5.41, 5.74) is 4.90. The van der Waals surface area contributed by atoms with Crippen molar-refractivity contribution in [2.45, 2.75) is 27.7 Å². The summed E-state index contributed by atoms with van der Waals surface area (Å²) in [7, 11) is -8.17. The molecular formula is C24H32B2F4N4O3. The first-order chi connectivity index (χ1) is 17.3. The summed E-state index contributed by atoms with van der Waals surface area (Å²) in [5, 5.41) is 21.5. The van der Waals surface area contributed by atoms with Gasteiger partial charge in [0.25, 0.3) is 0 Å². The van der Waals surface area contributed by atoms with E-state index in [0.29, 0.717) is 0 Å². The average Bonchev–Trinajstić information content (AvgIpc) is 2.81. The molecule has 13 heteroatoms. The molecular weight excluding hydrogens is 490 g/mol. The van der Waals surface area contributed by atoms with Crippen molar-refractivity contribution in [1.82, 2.24) is 15.0 Å². The molecule has 4 heterocycles. The van der Waals surface area contributed by atoms with E-state index in [1.54, 1.807) is 18.6 Å². The zero-order valence-electron chi connectivity index (χ0n) is 21.1. The summed E-state index contributed by atoms with van der Waals surface area (Å²) in [6, 6.07) is 15.9. The van der Waals surface area contributed by atoms with Gasteiger partial charge in [-0.3, -0.25) is 15.0 Å². The number of aromatic amines is 1. The molecule has 4 aromatic heterocycles. The number of pyridine rings is 4. The number of H-pyrrole nitrogens is 1. The molecule has 0 aromatic carbocycles. The van der Waals surface area contributed by atoms with Crippen molar-refractivity contribution in [3.8, 4) is 0 Å². The molecule has 0 spiro atoms. The van der Waals surface area contributed by atoms with E-state index in [1.807, 2.05) is 94.2 Å². The normalized spacial score (nSPS) is 8.95. The molecule has 0 aliphatic carbocycles. The Morgan fingerprint density at radius 2 is 0.919 bits per heavy atom. The highest BCUT2D eigenvalue weighted by Crippen LogP contribution is 2.06. The Morgan fingerprint density at radius 1 is 0.622 bits per heavy atom. The number of nitrogens with one attached hydrogen (secondary N) is 1. The minimum absolute atomic E-state index is 1.21. The minimum atomic E-state index is -6.00. The summed E-state index contributed by atoms with van der Waals surface area (Å²) in [6.45, 7) is 8.11. The maximum atomic E-state index is 9.75. The van der Waals surface area contributed by atoms with Gasteiger partial charge in [0.05, 0.1) is 0 Å². The highest BCUT2D eigenvalue weighted by molar-refractivity contribution is 6.50. The van der Waals surface area contributed by atoms with Crippen molar-refractivity contribution in [3.63, 3.8) is 0 Å². The predicted molar refractivity (Wildman–Crippen MR) is 137 cm³/mol. The van der Waals surface area contributed by atoms with Gasteiger partial charge >= 0.3 is 14.6 Å². The molecule has 0 saturated carbocycles. The lowest BCUT2D eigenvalue weighted by Crippen LogP contribution is -2.07. The second-order valence-electron chi connectivity index (χ2n) is 7.01. The fourth-order valence-electron chi connectivity index (χ4n) is 1.83. The van der Waals surface area contributed by atoms with E-state index in [9.17, 15) is 17.3 Å². The van der Waals surface area contributed by atoms with Crippen LogP contribution in [-0.4, -0.2) is 44.6 Å². The molecule has 0 aliphatic heterocycles. The van der Waals surface area contributed by atoms with Crippen molar-refractivity contribution >= 4 is 14.6 Å². The lowest BCUT2D eigenvalue weighted by Gasteiger charge is -1.94. The first-order valence-electron chi connectivity index (χ1n) is 10.8. The molecule has 0 fully saturated rings. The van der Waals surface area contributed by atoms with Gasteiger partial charge in [0.1, 0.15) is 0 Å². The van der Waals surface area contributed by atoms with Gasteiger partial charge in [0.15, 0.2) is 12.4 Å². The number of aryl methyl sites for hydroxylation is 4. The Bertz CT molecular complexity index is 849. The molecule has 0 saturated heterocycles. The third kappa shape index (κ3) is 37.1. The van der Waals surface area contributed by atoms with Gasteiger partial charge in [-0.1, -0.05) is 18.2 Å². The number of aromatic nitrogens is 4. The second-order valence-corrected chi connectivity index (χ2v) is 7.01. The molecule has 4 N–H and O–H groups in total. The Labute approximate surface area is 215 Å². The predicted octanol–water partition coefficient (Wildman–Crippen LogP) is 4.23. The molecule has 0 radical (unpaired) electrons. The zero-order valence-corrected chi connectivity index (χ0v) is 21.1. The molecule has 0 atom stereocenters. The number of rotatable bonds is 0. The molecule has 200 valence electrons. The van der Waals surface area contributed by atoms with Crippen LogP contribution in [0.3, 0.4) is 0 Å². The van der Waals surface area contributed by atoms with Crippen molar-refractivity contribution < 1.29 is 37.3 Å². The quantitative estimate of drug-likeness (QED) is 0.236. The van der Waals surface area contributed by atoms with E-state index >= 15 is 0 Å². The monoisotopic (exact) mass is 522 g/mol. The fourth-order valence-corrected chi connectivity index (χ4v) is 1.83. The molecule has 7 nitrogen and oxygen atoms in total. The first-order valence-corrected chi connectivity index (χ1v) is 10.8. The summed E-state index contributed by atoms with van der Waals surface area (Å²) >= 11 is 0. The van der Waals surface area contributed by atoms with Gasteiger partial charge in [-0.2, -0.15) is 0 Å². The molecule has 0 bridgehead atoms. The van der Waals surface area contributed by atoms with Crippen LogP contribution in [-0.2, 0) is 0 Å². The number of halogens is 4. The van der Waals surface area contributed by atoms with E-state index in [-0.39, 0.29) is 0 Å². The maximum absolute atomic E-state index is 9.75. The number of nitrogens with zero attached hydrogens (tertiary/aromatic N) is 3. The van der Waals surface area contributed by atoms with Crippen LogP contribution in [0.2, 0.25) is 0 Å². The van der Waals surface area contributed by atoms with Gasteiger partial charge < -0.3 is 32.3 Å². The van der Waals surface area contributed by atoms with Gasteiger partial charge in [0.2, 0.25) is 0 Å². The van der Waals surface area contributed by atoms with Crippen LogP contribution in [0.25, 0.3) is 0 Å². The van der Waals surface area contributed by atoms with Gasteiger partial charge in [-0.15, -0.1) is 0 Å². The number of hydrogen-bond donors (Lipinski definition) is 3. The molecule has 37 heavy (non-hydrogen) atoms. The molecule has 0 amide bonds.